The van der Waals surface area contributed by atoms with Crippen molar-refractivity contribution < 1.29 is 9.53 Å². The number of halogens is 1. The van der Waals surface area contributed by atoms with Crippen LogP contribution in [-0.2, 0) is 0 Å². The number of carbonyl (C=O) groups is 1. The molecule has 0 saturated carbocycles. The van der Waals surface area contributed by atoms with E-state index in [0.717, 1.165) is 15.8 Å². The van der Waals surface area contributed by atoms with Gasteiger partial charge in [-0.2, -0.15) is 0 Å². The van der Waals surface area contributed by atoms with Gasteiger partial charge < -0.3 is 4.74 Å². The smallest absolute Gasteiger partial charge is 0.204 e. The summed E-state index contributed by atoms with van der Waals surface area (Å²) in [6, 6.07) is 10.9. The van der Waals surface area contributed by atoms with Gasteiger partial charge in [-0.3, -0.25) is 9.78 Å². The number of rotatable bonds is 4. The number of carbonyl (C=O) groups excluding carboxylic acids is 1. The topological polar surface area (TPSA) is 39.2 Å². The molecule has 0 aliphatic carbocycles. The SMILES string of the molecule is COc1ccc(/C=C/C(=O)c2ccccn2)cc1Br. The van der Waals surface area contributed by atoms with Crippen molar-refractivity contribution in [1.29, 1.82) is 0 Å². The van der Waals surface area contributed by atoms with E-state index in [1.165, 1.54) is 6.08 Å². The lowest BCUT2D eigenvalue weighted by Gasteiger charge is -2.03. The fourth-order valence-electron chi connectivity index (χ4n) is 1.55. The first kappa shape index (κ1) is 13.5. The van der Waals surface area contributed by atoms with Crippen LogP contribution >= 0.6 is 15.9 Å². The predicted molar refractivity (Wildman–Crippen MR) is 78.3 cm³/mol. The Morgan fingerprint density at radius 2 is 2.16 bits per heavy atom. The Morgan fingerprint density at radius 1 is 1.32 bits per heavy atom. The molecule has 0 fully saturated rings. The van der Waals surface area contributed by atoms with Crippen molar-refractivity contribution in [1.82, 2.24) is 4.98 Å². The van der Waals surface area contributed by atoms with Crippen molar-refractivity contribution in [3.8, 4) is 5.75 Å². The number of hydrogen-bond donors (Lipinski definition) is 0. The van der Waals surface area contributed by atoms with Crippen molar-refractivity contribution in [2.24, 2.45) is 0 Å². The number of allylic oxidation sites excluding steroid dienone is 1. The molecule has 0 atom stereocenters. The van der Waals surface area contributed by atoms with Crippen LogP contribution in [-0.4, -0.2) is 17.9 Å². The summed E-state index contributed by atoms with van der Waals surface area (Å²) in [6.45, 7) is 0. The second-order valence-electron chi connectivity index (χ2n) is 3.81. The van der Waals surface area contributed by atoms with Crippen LogP contribution < -0.4 is 4.74 Å². The molecule has 0 aliphatic rings. The number of pyridine rings is 1. The van der Waals surface area contributed by atoms with Gasteiger partial charge >= 0.3 is 0 Å². The highest BCUT2D eigenvalue weighted by Gasteiger charge is 2.02. The minimum Gasteiger partial charge on any atom is -0.496 e. The summed E-state index contributed by atoms with van der Waals surface area (Å²) >= 11 is 3.40. The largest absolute Gasteiger partial charge is 0.496 e. The lowest BCUT2D eigenvalue weighted by Crippen LogP contribution is -1.96. The molecule has 0 saturated heterocycles. The Morgan fingerprint density at radius 3 is 2.79 bits per heavy atom. The van der Waals surface area contributed by atoms with Crippen LogP contribution in [0.3, 0.4) is 0 Å². The maximum absolute atomic E-state index is 11.8. The molecule has 4 heteroatoms. The van der Waals surface area contributed by atoms with Gasteiger partial charge in [-0.25, -0.2) is 0 Å². The highest BCUT2D eigenvalue weighted by molar-refractivity contribution is 9.10. The number of ketones is 1. The van der Waals surface area contributed by atoms with Crippen molar-refractivity contribution in [2.75, 3.05) is 7.11 Å². The molecule has 0 unspecified atom stereocenters. The van der Waals surface area contributed by atoms with Gasteiger partial charge in [0, 0.05) is 6.20 Å². The van der Waals surface area contributed by atoms with E-state index < -0.39 is 0 Å². The van der Waals surface area contributed by atoms with Crippen LogP contribution in [0, 0.1) is 0 Å². The normalized spacial score (nSPS) is 10.6. The van der Waals surface area contributed by atoms with E-state index in [4.69, 9.17) is 4.74 Å². The summed E-state index contributed by atoms with van der Waals surface area (Å²) in [5.74, 6) is 0.640. The summed E-state index contributed by atoms with van der Waals surface area (Å²) in [4.78, 5) is 15.8. The van der Waals surface area contributed by atoms with E-state index >= 15 is 0 Å². The predicted octanol–water partition coefficient (Wildman–Crippen LogP) is 3.75. The minimum atomic E-state index is -0.118. The van der Waals surface area contributed by atoms with Crippen LogP contribution in [0.1, 0.15) is 16.1 Å². The lowest BCUT2D eigenvalue weighted by molar-refractivity contribution is 0.104. The van der Waals surface area contributed by atoms with Crippen LogP contribution in [0.2, 0.25) is 0 Å². The standard InChI is InChI=1S/C15H12BrNO2/c1-19-15-8-6-11(10-12(15)16)5-7-14(18)13-4-2-3-9-17-13/h2-10H,1H3/b7-5+. The Balaban J connectivity index is 2.15. The Hall–Kier alpha value is -1.94. The Kier molecular flexibility index (Phi) is 4.47. The van der Waals surface area contributed by atoms with Gasteiger partial charge in [0.2, 0.25) is 5.78 Å². The molecular weight excluding hydrogens is 306 g/mol. The third kappa shape index (κ3) is 3.51. The Labute approximate surface area is 120 Å². The molecule has 2 rings (SSSR count). The summed E-state index contributed by atoms with van der Waals surface area (Å²) < 4.78 is 6.00. The molecule has 0 amide bonds. The third-order valence-electron chi connectivity index (χ3n) is 2.52. The van der Waals surface area contributed by atoms with Gasteiger partial charge in [-0.05, 0) is 51.8 Å². The van der Waals surface area contributed by atoms with Crippen LogP contribution in [0.4, 0.5) is 0 Å². The van der Waals surface area contributed by atoms with Crippen molar-refractivity contribution in [3.05, 3.63) is 64.4 Å². The molecule has 1 aromatic carbocycles. The van der Waals surface area contributed by atoms with Gasteiger partial charge in [-0.1, -0.05) is 18.2 Å². The van der Waals surface area contributed by atoms with Crippen molar-refractivity contribution in [3.63, 3.8) is 0 Å². The summed E-state index contributed by atoms with van der Waals surface area (Å²) in [5, 5.41) is 0. The van der Waals surface area contributed by atoms with Crippen LogP contribution in [0.5, 0.6) is 5.75 Å². The zero-order valence-corrected chi connectivity index (χ0v) is 11.9. The number of methoxy groups -OCH3 is 1. The number of ether oxygens (including phenoxy) is 1. The molecule has 0 bridgehead atoms. The lowest BCUT2D eigenvalue weighted by atomic mass is 10.1. The van der Waals surface area contributed by atoms with E-state index in [1.807, 2.05) is 18.2 Å². The second kappa shape index (κ2) is 6.29. The molecule has 2 aromatic rings. The van der Waals surface area contributed by atoms with E-state index in [0.29, 0.717) is 5.69 Å². The maximum Gasteiger partial charge on any atom is 0.204 e. The van der Waals surface area contributed by atoms with E-state index in [1.54, 1.807) is 37.6 Å². The molecule has 1 aromatic heterocycles. The van der Waals surface area contributed by atoms with Gasteiger partial charge in [0.15, 0.2) is 0 Å². The molecular formula is C15H12BrNO2. The van der Waals surface area contributed by atoms with Gasteiger partial charge in [0.25, 0.3) is 0 Å². The Bertz CT molecular complexity index is 609. The highest BCUT2D eigenvalue weighted by atomic mass is 79.9. The molecule has 0 radical (unpaired) electrons. The number of aromatic nitrogens is 1. The zero-order valence-electron chi connectivity index (χ0n) is 10.3. The van der Waals surface area contributed by atoms with E-state index in [2.05, 4.69) is 20.9 Å². The average molecular weight is 318 g/mol. The first-order valence-corrected chi connectivity index (χ1v) is 6.47. The minimum absolute atomic E-state index is 0.118. The first-order valence-electron chi connectivity index (χ1n) is 5.67. The van der Waals surface area contributed by atoms with Crippen LogP contribution in [0.25, 0.3) is 6.08 Å². The fraction of sp³-hybridized carbons (Fsp3) is 0.0667. The second-order valence-corrected chi connectivity index (χ2v) is 4.66. The molecule has 96 valence electrons. The molecule has 19 heavy (non-hydrogen) atoms. The van der Waals surface area contributed by atoms with Crippen LogP contribution in [0.15, 0.2) is 53.1 Å². The molecule has 0 aliphatic heterocycles. The monoisotopic (exact) mass is 317 g/mol. The summed E-state index contributed by atoms with van der Waals surface area (Å²) in [6.07, 6.45) is 4.86. The number of hydrogen-bond acceptors (Lipinski definition) is 3. The van der Waals surface area contributed by atoms with E-state index in [-0.39, 0.29) is 5.78 Å². The highest BCUT2D eigenvalue weighted by Crippen LogP contribution is 2.25. The average Bonchev–Trinajstić information content (AvgIpc) is 2.46. The summed E-state index contributed by atoms with van der Waals surface area (Å²) in [7, 11) is 1.61. The molecule has 0 spiro atoms. The first-order chi connectivity index (χ1) is 9.20. The third-order valence-corrected chi connectivity index (χ3v) is 3.14. The molecule has 0 N–H and O–H groups in total. The van der Waals surface area contributed by atoms with Crippen molar-refractivity contribution >= 4 is 27.8 Å². The number of benzene rings is 1. The number of nitrogens with zero attached hydrogens (tertiary/aromatic N) is 1. The summed E-state index contributed by atoms with van der Waals surface area (Å²) in [5.41, 5.74) is 1.35. The van der Waals surface area contributed by atoms with Crippen molar-refractivity contribution in [2.45, 2.75) is 0 Å². The molecule has 1 heterocycles. The van der Waals surface area contributed by atoms with Gasteiger partial charge in [0.1, 0.15) is 11.4 Å². The van der Waals surface area contributed by atoms with E-state index in [9.17, 15) is 4.79 Å². The fourth-order valence-corrected chi connectivity index (χ4v) is 2.11. The zero-order chi connectivity index (χ0) is 13.7. The quantitative estimate of drug-likeness (QED) is 0.637. The molecule has 3 nitrogen and oxygen atoms in total. The maximum atomic E-state index is 11.8. The van der Waals surface area contributed by atoms with Gasteiger partial charge in [0.05, 0.1) is 11.6 Å². The van der Waals surface area contributed by atoms with Gasteiger partial charge in [-0.15, -0.1) is 0 Å².